The molecule has 0 radical (unpaired) electrons. The van der Waals surface area contributed by atoms with Crippen LogP contribution in [0.2, 0.25) is 0 Å². The van der Waals surface area contributed by atoms with Crippen LogP contribution in [0.4, 0.5) is 26.3 Å². The summed E-state index contributed by atoms with van der Waals surface area (Å²) in [6.45, 7) is 1.27. The van der Waals surface area contributed by atoms with Crippen LogP contribution in [0.1, 0.15) is 40.3 Å². The van der Waals surface area contributed by atoms with Gasteiger partial charge in [0.1, 0.15) is 0 Å². The number of aromatic nitrogens is 2. The summed E-state index contributed by atoms with van der Waals surface area (Å²) in [5.41, 5.74) is -4.50. The maximum absolute atomic E-state index is 13.0. The van der Waals surface area contributed by atoms with E-state index in [-0.39, 0.29) is 34.9 Å². The molecule has 5 nitrogen and oxygen atoms in total. The fourth-order valence-electron chi connectivity index (χ4n) is 2.65. The van der Waals surface area contributed by atoms with Crippen LogP contribution in [-0.4, -0.2) is 15.9 Å². The smallest absolute Gasteiger partial charge is 0.416 e. The molecule has 1 heterocycles. The number of hydrogen-bond donors (Lipinski definition) is 1. The minimum Gasteiger partial charge on any atom is -0.451 e. The summed E-state index contributed by atoms with van der Waals surface area (Å²) in [6, 6.07) is 6.67. The van der Waals surface area contributed by atoms with Gasteiger partial charge in [-0.3, -0.25) is 4.79 Å². The molecule has 3 rings (SSSR count). The van der Waals surface area contributed by atoms with E-state index in [0.29, 0.717) is 0 Å². The molecular formula is C19H12F6N2O3. The predicted octanol–water partition coefficient (Wildman–Crippen LogP) is 4.88. The van der Waals surface area contributed by atoms with Crippen LogP contribution >= 0.6 is 0 Å². The number of H-pyrrole nitrogens is 1. The quantitative estimate of drug-likeness (QED) is 0.475. The lowest BCUT2D eigenvalue weighted by Crippen LogP contribution is -2.18. The van der Waals surface area contributed by atoms with E-state index in [1.807, 2.05) is 0 Å². The number of nitrogens with zero attached hydrogens (tertiary/aromatic N) is 1. The zero-order valence-corrected chi connectivity index (χ0v) is 15.1. The van der Waals surface area contributed by atoms with Crippen molar-refractivity contribution in [1.82, 2.24) is 9.97 Å². The summed E-state index contributed by atoms with van der Waals surface area (Å²) in [4.78, 5) is 30.8. The first-order valence-electron chi connectivity index (χ1n) is 8.35. The first-order valence-corrected chi connectivity index (χ1v) is 8.35. The average Bonchev–Trinajstić information content (AvgIpc) is 2.66. The number of carbonyl (C=O) groups is 1. The van der Waals surface area contributed by atoms with Crippen LogP contribution in [-0.2, 0) is 17.1 Å². The van der Waals surface area contributed by atoms with Gasteiger partial charge in [-0.1, -0.05) is 12.1 Å². The van der Waals surface area contributed by atoms with Gasteiger partial charge in [-0.25, -0.2) is 9.78 Å². The minimum absolute atomic E-state index is 0.0947. The van der Waals surface area contributed by atoms with Crippen molar-refractivity contribution in [2.75, 3.05) is 0 Å². The van der Waals surface area contributed by atoms with Crippen molar-refractivity contribution in [1.29, 1.82) is 0 Å². The van der Waals surface area contributed by atoms with Gasteiger partial charge in [-0.05, 0) is 37.3 Å². The minimum atomic E-state index is -5.10. The van der Waals surface area contributed by atoms with Crippen molar-refractivity contribution in [3.05, 3.63) is 75.3 Å². The SMILES string of the molecule is CC(OC(=O)c1cc(C(F)(F)F)cc(C(F)(F)F)c1)c1nc2ccccc2c(=O)[nH]1. The van der Waals surface area contributed by atoms with Gasteiger partial charge in [-0.2, -0.15) is 26.3 Å². The molecule has 0 aliphatic carbocycles. The van der Waals surface area contributed by atoms with E-state index in [1.165, 1.54) is 19.1 Å². The second kappa shape index (κ2) is 7.47. The summed E-state index contributed by atoms with van der Waals surface area (Å²) in [7, 11) is 0. The summed E-state index contributed by atoms with van der Waals surface area (Å²) in [6.07, 6.45) is -11.5. The molecule has 0 fully saturated rings. The van der Waals surface area contributed by atoms with E-state index in [0.717, 1.165) is 0 Å². The highest BCUT2D eigenvalue weighted by molar-refractivity contribution is 5.90. The Morgan fingerprint density at radius 3 is 2.13 bits per heavy atom. The summed E-state index contributed by atoms with van der Waals surface area (Å²) >= 11 is 0. The number of carbonyl (C=O) groups excluding carboxylic acids is 1. The number of para-hydroxylation sites is 1. The Balaban J connectivity index is 1.94. The van der Waals surface area contributed by atoms with Gasteiger partial charge in [0, 0.05) is 0 Å². The van der Waals surface area contributed by atoms with Crippen LogP contribution < -0.4 is 5.56 Å². The topological polar surface area (TPSA) is 72.0 Å². The van der Waals surface area contributed by atoms with Crippen LogP contribution in [0, 0.1) is 0 Å². The van der Waals surface area contributed by atoms with E-state index in [1.54, 1.807) is 12.1 Å². The number of benzene rings is 2. The van der Waals surface area contributed by atoms with Crippen molar-refractivity contribution in [2.24, 2.45) is 0 Å². The third-order valence-electron chi connectivity index (χ3n) is 4.12. The van der Waals surface area contributed by atoms with Gasteiger partial charge in [0.2, 0.25) is 0 Å². The molecule has 0 spiro atoms. The van der Waals surface area contributed by atoms with Crippen molar-refractivity contribution >= 4 is 16.9 Å². The monoisotopic (exact) mass is 430 g/mol. The summed E-state index contributed by atoms with van der Waals surface area (Å²) in [5.74, 6) is -1.55. The molecule has 30 heavy (non-hydrogen) atoms. The average molecular weight is 430 g/mol. The molecule has 1 unspecified atom stereocenters. The van der Waals surface area contributed by atoms with Crippen LogP contribution in [0.15, 0.2) is 47.3 Å². The largest absolute Gasteiger partial charge is 0.451 e. The van der Waals surface area contributed by atoms with Crippen LogP contribution in [0.3, 0.4) is 0 Å². The molecule has 1 aromatic heterocycles. The predicted molar refractivity (Wildman–Crippen MR) is 92.6 cm³/mol. The highest BCUT2D eigenvalue weighted by atomic mass is 19.4. The standard InChI is InChI=1S/C19H12F6N2O3/c1-9(15-26-14-5-3-2-4-13(14)16(28)27-15)30-17(29)10-6-11(18(20,21)22)8-12(7-10)19(23,24)25/h2-9H,1H3,(H,26,27,28). The number of aromatic amines is 1. The van der Waals surface area contributed by atoms with Gasteiger partial charge < -0.3 is 9.72 Å². The molecule has 11 heteroatoms. The first-order chi connectivity index (χ1) is 13.9. The van der Waals surface area contributed by atoms with Gasteiger partial charge >= 0.3 is 18.3 Å². The van der Waals surface area contributed by atoms with Gasteiger partial charge in [0.25, 0.3) is 5.56 Å². The lowest BCUT2D eigenvalue weighted by Gasteiger charge is -2.16. The van der Waals surface area contributed by atoms with Gasteiger partial charge in [0.05, 0.1) is 27.6 Å². The molecule has 0 saturated heterocycles. The number of halogens is 6. The van der Waals surface area contributed by atoms with Crippen molar-refractivity contribution < 1.29 is 35.9 Å². The number of ether oxygens (including phenoxy) is 1. The number of rotatable bonds is 3. The lowest BCUT2D eigenvalue weighted by atomic mass is 10.0. The molecule has 0 bridgehead atoms. The number of hydrogen-bond acceptors (Lipinski definition) is 4. The first kappa shape index (κ1) is 21.3. The summed E-state index contributed by atoms with van der Waals surface area (Å²) < 4.78 is 82.7. The fraction of sp³-hybridized carbons (Fsp3) is 0.211. The van der Waals surface area contributed by atoms with Crippen molar-refractivity contribution in [3.63, 3.8) is 0 Å². The fourth-order valence-corrected chi connectivity index (χ4v) is 2.65. The molecule has 0 aliphatic rings. The molecular weight excluding hydrogens is 418 g/mol. The molecule has 158 valence electrons. The third kappa shape index (κ3) is 4.44. The van der Waals surface area contributed by atoms with E-state index in [4.69, 9.17) is 4.74 Å². The highest BCUT2D eigenvalue weighted by Gasteiger charge is 2.37. The number of alkyl halides is 6. The Morgan fingerprint density at radius 1 is 1.00 bits per heavy atom. The van der Waals surface area contributed by atoms with E-state index < -0.39 is 46.7 Å². The van der Waals surface area contributed by atoms with Crippen molar-refractivity contribution in [3.8, 4) is 0 Å². The Kier molecular flexibility index (Phi) is 5.31. The Morgan fingerprint density at radius 2 is 1.57 bits per heavy atom. The van der Waals surface area contributed by atoms with E-state index in [2.05, 4.69) is 9.97 Å². The number of nitrogens with one attached hydrogen (secondary N) is 1. The van der Waals surface area contributed by atoms with Crippen molar-refractivity contribution in [2.45, 2.75) is 25.4 Å². The molecule has 2 aromatic carbocycles. The highest BCUT2D eigenvalue weighted by Crippen LogP contribution is 2.36. The molecule has 0 aliphatic heterocycles. The zero-order chi connectivity index (χ0) is 22.3. The molecule has 3 aromatic rings. The maximum atomic E-state index is 13.0. The third-order valence-corrected chi connectivity index (χ3v) is 4.12. The second-order valence-electron chi connectivity index (χ2n) is 6.31. The summed E-state index contributed by atoms with van der Waals surface area (Å²) in [5, 5.41) is 0.257. The maximum Gasteiger partial charge on any atom is 0.416 e. The lowest BCUT2D eigenvalue weighted by molar-refractivity contribution is -0.143. The van der Waals surface area contributed by atoms with Gasteiger partial charge in [-0.15, -0.1) is 0 Å². The molecule has 1 N–H and O–H groups in total. The normalized spacial score (nSPS) is 13.3. The Labute approximate surface area is 164 Å². The Bertz CT molecular complexity index is 1140. The number of esters is 1. The van der Waals surface area contributed by atoms with Crippen LogP contribution in [0.25, 0.3) is 10.9 Å². The number of fused-ring (bicyclic) bond motifs is 1. The second-order valence-corrected chi connectivity index (χ2v) is 6.31. The zero-order valence-electron chi connectivity index (χ0n) is 15.1. The molecule has 1 atom stereocenters. The van der Waals surface area contributed by atoms with Crippen LogP contribution in [0.5, 0.6) is 0 Å². The Hall–Kier alpha value is -3.37. The van der Waals surface area contributed by atoms with E-state index in [9.17, 15) is 35.9 Å². The van der Waals surface area contributed by atoms with E-state index >= 15 is 0 Å². The molecule has 0 amide bonds. The van der Waals surface area contributed by atoms with Gasteiger partial charge in [0.15, 0.2) is 11.9 Å². The molecule has 0 saturated carbocycles.